The number of carbonyl (C=O) groups is 1. The fourth-order valence-electron chi connectivity index (χ4n) is 6.15. The number of fused-ring (bicyclic) bond motifs is 2. The molecular formula is C30H37NO3. The van der Waals surface area contributed by atoms with Crippen LogP contribution in [0.4, 0.5) is 5.69 Å². The van der Waals surface area contributed by atoms with Crippen molar-refractivity contribution in [3.63, 3.8) is 0 Å². The fourth-order valence-corrected chi connectivity index (χ4v) is 6.15. The van der Waals surface area contributed by atoms with E-state index in [1.54, 1.807) is 24.3 Å². The van der Waals surface area contributed by atoms with Crippen molar-refractivity contribution in [2.24, 2.45) is 16.7 Å². The second-order valence-electron chi connectivity index (χ2n) is 10.9. The molecule has 2 aliphatic rings. The second-order valence-corrected chi connectivity index (χ2v) is 10.9. The summed E-state index contributed by atoms with van der Waals surface area (Å²) in [6, 6.07) is 11.5. The van der Waals surface area contributed by atoms with Crippen LogP contribution in [0, 0.1) is 16.7 Å². The first kappa shape index (κ1) is 24.1. The van der Waals surface area contributed by atoms with Gasteiger partial charge < -0.3 is 14.7 Å². The molecular weight excluding hydrogens is 422 g/mol. The maximum Gasteiger partial charge on any atom is 0.189 e. The molecule has 0 aliphatic heterocycles. The highest BCUT2D eigenvalue weighted by molar-refractivity contribution is 6.08. The maximum atomic E-state index is 13.2. The number of hydrogen-bond donors (Lipinski definition) is 1. The van der Waals surface area contributed by atoms with Crippen LogP contribution >= 0.6 is 0 Å². The van der Waals surface area contributed by atoms with Crippen molar-refractivity contribution in [1.29, 1.82) is 0 Å². The van der Waals surface area contributed by atoms with E-state index in [-0.39, 0.29) is 28.3 Å². The lowest BCUT2D eigenvalue weighted by Crippen LogP contribution is -2.31. The van der Waals surface area contributed by atoms with E-state index < -0.39 is 0 Å². The highest BCUT2D eigenvalue weighted by Crippen LogP contribution is 2.71. The van der Waals surface area contributed by atoms with Crippen molar-refractivity contribution in [1.82, 2.24) is 0 Å². The van der Waals surface area contributed by atoms with Crippen LogP contribution in [-0.2, 0) is 0 Å². The van der Waals surface area contributed by atoms with Gasteiger partial charge in [0, 0.05) is 25.8 Å². The third-order valence-electron chi connectivity index (χ3n) is 8.76. The van der Waals surface area contributed by atoms with Crippen LogP contribution in [0.1, 0.15) is 67.4 Å². The lowest BCUT2D eigenvalue weighted by molar-refractivity contribution is 0.104. The van der Waals surface area contributed by atoms with Gasteiger partial charge in [-0.15, -0.1) is 0 Å². The van der Waals surface area contributed by atoms with Crippen LogP contribution < -0.4 is 9.64 Å². The molecule has 180 valence electrons. The zero-order valence-electron chi connectivity index (χ0n) is 21.1. The SMILES string of the molecule is C=CCOc1cc(O)c(C(=O)/C=C/c2ccc(N(C)C)cc2)cc1C1CC2CCC1(C)C2(C)C. The summed E-state index contributed by atoms with van der Waals surface area (Å²) < 4.78 is 5.98. The summed E-state index contributed by atoms with van der Waals surface area (Å²) in [5.74, 6) is 1.35. The quantitative estimate of drug-likeness (QED) is 0.266. The number of benzene rings is 2. The van der Waals surface area contributed by atoms with E-state index in [0.717, 1.165) is 23.2 Å². The number of nitrogens with zero attached hydrogens (tertiary/aromatic N) is 1. The minimum atomic E-state index is -0.210. The van der Waals surface area contributed by atoms with Gasteiger partial charge in [-0.25, -0.2) is 0 Å². The molecule has 34 heavy (non-hydrogen) atoms. The number of carbonyl (C=O) groups excluding carboxylic acids is 1. The number of ketones is 1. The summed E-state index contributed by atoms with van der Waals surface area (Å²) in [6.07, 6.45) is 8.55. The summed E-state index contributed by atoms with van der Waals surface area (Å²) in [7, 11) is 3.99. The number of hydrogen-bond acceptors (Lipinski definition) is 4. The minimum Gasteiger partial charge on any atom is -0.507 e. The van der Waals surface area contributed by atoms with Crippen molar-refractivity contribution in [2.75, 3.05) is 25.6 Å². The van der Waals surface area contributed by atoms with Gasteiger partial charge in [-0.1, -0.05) is 51.6 Å². The van der Waals surface area contributed by atoms with Crippen LogP contribution in [0.3, 0.4) is 0 Å². The topological polar surface area (TPSA) is 49.8 Å². The molecule has 1 N–H and O–H groups in total. The summed E-state index contributed by atoms with van der Waals surface area (Å²) in [5.41, 5.74) is 3.75. The zero-order valence-corrected chi connectivity index (χ0v) is 21.1. The molecule has 3 unspecified atom stereocenters. The Hall–Kier alpha value is -3.01. The van der Waals surface area contributed by atoms with Gasteiger partial charge in [0.1, 0.15) is 18.1 Å². The lowest BCUT2D eigenvalue weighted by atomic mass is 9.65. The Bertz CT molecular complexity index is 1110. The number of anilines is 1. The van der Waals surface area contributed by atoms with Gasteiger partial charge in [0.2, 0.25) is 0 Å². The van der Waals surface area contributed by atoms with Crippen LogP contribution in [-0.4, -0.2) is 31.6 Å². The Morgan fingerprint density at radius 2 is 1.91 bits per heavy atom. The number of phenols is 1. The van der Waals surface area contributed by atoms with Crippen LogP contribution in [0.5, 0.6) is 11.5 Å². The minimum absolute atomic E-state index is 0.0482. The summed E-state index contributed by atoms with van der Waals surface area (Å²) in [5, 5.41) is 10.8. The van der Waals surface area contributed by atoms with Crippen molar-refractivity contribution >= 4 is 17.5 Å². The molecule has 0 saturated heterocycles. The Morgan fingerprint density at radius 1 is 1.21 bits per heavy atom. The third-order valence-corrected chi connectivity index (χ3v) is 8.76. The molecule has 0 spiro atoms. The molecule has 2 aliphatic carbocycles. The first-order valence-corrected chi connectivity index (χ1v) is 12.2. The molecule has 2 fully saturated rings. The standard InChI is InChI=1S/C30H37NO3/c1-7-16-34-28-19-27(33)24(26(32)13-10-20-8-11-22(12-9-20)31(5)6)18-23(28)25-17-21-14-15-30(25,4)29(21,2)3/h7-13,18-19,21,25,33H,1,14-17H2,2-6H3/b13-10+. The first-order chi connectivity index (χ1) is 16.1. The van der Waals surface area contributed by atoms with Gasteiger partial charge in [-0.2, -0.15) is 0 Å². The highest BCUT2D eigenvalue weighted by Gasteiger charge is 2.61. The van der Waals surface area contributed by atoms with Crippen molar-refractivity contribution < 1.29 is 14.6 Å². The lowest BCUT2D eigenvalue weighted by Gasteiger charge is -2.40. The second kappa shape index (κ2) is 8.98. The van der Waals surface area contributed by atoms with Crippen molar-refractivity contribution in [3.8, 4) is 11.5 Å². The van der Waals surface area contributed by atoms with E-state index in [1.807, 2.05) is 49.3 Å². The average Bonchev–Trinajstić information content (AvgIpc) is 3.15. The van der Waals surface area contributed by atoms with E-state index >= 15 is 0 Å². The van der Waals surface area contributed by atoms with Gasteiger partial charge in [0.15, 0.2) is 5.78 Å². The largest absolute Gasteiger partial charge is 0.507 e. The monoisotopic (exact) mass is 459 g/mol. The molecule has 2 saturated carbocycles. The predicted octanol–water partition coefficient (Wildman–Crippen LogP) is 6.85. The molecule has 0 aromatic heterocycles. The predicted molar refractivity (Wildman–Crippen MR) is 140 cm³/mol. The van der Waals surface area contributed by atoms with E-state index in [1.165, 1.54) is 12.8 Å². The number of rotatable bonds is 8. The number of phenolic OH excluding ortho intramolecular Hbond substituents is 1. The normalized spacial score (nSPS) is 25.0. The zero-order chi connectivity index (χ0) is 24.7. The van der Waals surface area contributed by atoms with Gasteiger partial charge in [-0.3, -0.25) is 4.79 Å². The molecule has 0 amide bonds. The molecule has 0 radical (unpaired) electrons. The van der Waals surface area contributed by atoms with E-state index in [2.05, 4.69) is 27.4 Å². The Balaban J connectivity index is 1.67. The van der Waals surface area contributed by atoms with Gasteiger partial charge >= 0.3 is 0 Å². The Morgan fingerprint density at radius 3 is 2.47 bits per heavy atom. The van der Waals surface area contributed by atoms with Gasteiger partial charge in [0.05, 0.1) is 5.56 Å². The van der Waals surface area contributed by atoms with E-state index in [9.17, 15) is 9.90 Å². The molecule has 4 nitrogen and oxygen atoms in total. The van der Waals surface area contributed by atoms with E-state index in [0.29, 0.717) is 23.8 Å². The number of aromatic hydroxyl groups is 1. The fraction of sp³-hybridized carbons (Fsp3) is 0.433. The maximum absolute atomic E-state index is 13.2. The summed E-state index contributed by atoms with van der Waals surface area (Å²) in [6.45, 7) is 11.3. The molecule has 2 aromatic carbocycles. The molecule has 2 aromatic rings. The van der Waals surface area contributed by atoms with Crippen molar-refractivity contribution in [2.45, 2.75) is 46.0 Å². The molecule has 4 heteroatoms. The van der Waals surface area contributed by atoms with Crippen molar-refractivity contribution in [3.05, 3.63) is 71.8 Å². The van der Waals surface area contributed by atoms with E-state index in [4.69, 9.17) is 4.74 Å². The summed E-state index contributed by atoms with van der Waals surface area (Å²) in [4.78, 5) is 15.2. The smallest absolute Gasteiger partial charge is 0.189 e. The molecule has 3 atom stereocenters. The van der Waals surface area contributed by atoms with Crippen LogP contribution in [0.2, 0.25) is 0 Å². The highest BCUT2D eigenvalue weighted by atomic mass is 16.5. The number of allylic oxidation sites excluding steroid dienone is 1. The number of ether oxygens (including phenoxy) is 1. The average molecular weight is 460 g/mol. The van der Waals surface area contributed by atoms with Crippen LogP contribution in [0.15, 0.2) is 55.1 Å². The van der Waals surface area contributed by atoms with Crippen LogP contribution in [0.25, 0.3) is 6.08 Å². The molecule has 0 heterocycles. The summed E-state index contributed by atoms with van der Waals surface area (Å²) >= 11 is 0. The molecule has 2 bridgehead atoms. The Kier molecular flexibility index (Phi) is 6.37. The van der Waals surface area contributed by atoms with Gasteiger partial charge in [0.25, 0.3) is 0 Å². The van der Waals surface area contributed by atoms with Gasteiger partial charge in [-0.05, 0) is 77.3 Å². The Labute approximate surface area is 203 Å². The third kappa shape index (κ3) is 4.04. The first-order valence-electron chi connectivity index (χ1n) is 12.2. The molecule has 4 rings (SSSR count).